The summed E-state index contributed by atoms with van der Waals surface area (Å²) in [5.74, 6) is 0.268. The molecule has 1 aromatic carbocycles. The van der Waals surface area contributed by atoms with E-state index in [0.29, 0.717) is 6.42 Å². The summed E-state index contributed by atoms with van der Waals surface area (Å²) in [5.41, 5.74) is 2.05. The van der Waals surface area contributed by atoms with Gasteiger partial charge < -0.3 is 4.90 Å². The van der Waals surface area contributed by atoms with E-state index in [0.717, 1.165) is 24.7 Å². The van der Waals surface area contributed by atoms with Crippen LogP contribution < -0.4 is 0 Å². The number of hydrogen-bond donors (Lipinski definition) is 0. The highest BCUT2D eigenvalue weighted by molar-refractivity contribution is 5.96. The topological polar surface area (TPSA) is 20.3 Å². The van der Waals surface area contributed by atoms with Crippen molar-refractivity contribution in [1.29, 1.82) is 0 Å². The summed E-state index contributed by atoms with van der Waals surface area (Å²) in [4.78, 5) is 14.4. The molecule has 1 aliphatic carbocycles. The van der Waals surface area contributed by atoms with Crippen molar-refractivity contribution >= 4 is 5.78 Å². The van der Waals surface area contributed by atoms with Gasteiger partial charge in [0, 0.05) is 24.6 Å². The van der Waals surface area contributed by atoms with Crippen LogP contribution in [0.3, 0.4) is 0 Å². The van der Waals surface area contributed by atoms with Crippen LogP contribution in [0.25, 0.3) is 0 Å². The summed E-state index contributed by atoms with van der Waals surface area (Å²) < 4.78 is 0. The van der Waals surface area contributed by atoms with E-state index in [1.807, 2.05) is 31.2 Å². The van der Waals surface area contributed by atoms with Gasteiger partial charge in [-0.25, -0.2) is 0 Å². The van der Waals surface area contributed by atoms with Crippen LogP contribution in [-0.4, -0.2) is 29.8 Å². The molecule has 17 heavy (non-hydrogen) atoms. The van der Waals surface area contributed by atoms with Gasteiger partial charge in [0.2, 0.25) is 0 Å². The van der Waals surface area contributed by atoms with Gasteiger partial charge in [-0.15, -0.1) is 0 Å². The van der Waals surface area contributed by atoms with Gasteiger partial charge in [-0.3, -0.25) is 4.79 Å². The number of carbonyl (C=O) groups excluding carboxylic acids is 1. The Morgan fingerprint density at radius 3 is 2.47 bits per heavy atom. The summed E-state index contributed by atoms with van der Waals surface area (Å²) in [7, 11) is 0. The first-order valence-corrected chi connectivity index (χ1v) is 6.54. The minimum absolute atomic E-state index is 0.268. The van der Waals surface area contributed by atoms with Gasteiger partial charge in [0.15, 0.2) is 5.78 Å². The summed E-state index contributed by atoms with van der Waals surface area (Å²) in [6.07, 6.45) is 3.27. The number of nitrogens with zero attached hydrogens (tertiary/aromatic N) is 1. The van der Waals surface area contributed by atoms with Crippen LogP contribution in [0, 0.1) is 6.92 Å². The van der Waals surface area contributed by atoms with Gasteiger partial charge in [0.1, 0.15) is 0 Å². The fraction of sp³-hybridized carbons (Fsp3) is 0.533. The molecule has 1 saturated carbocycles. The van der Waals surface area contributed by atoms with Crippen LogP contribution in [0.2, 0.25) is 0 Å². The van der Waals surface area contributed by atoms with E-state index in [2.05, 4.69) is 11.8 Å². The molecule has 0 amide bonds. The van der Waals surface area contributed by atoms with Gasteiger partial charge >= 0.3 is 0 Å². The van der Waals surface area contributed by atoms with E-state index >= 15 is 0 Å². The molecule has 0 heterocycles. The second-order valence-electron chi connectivity index (χ2n) is 4.90. The maximum atomic E-state index is 12.0. The number of benzene rings is 1. The predicted molar refractivity (Wildman–Crippen MR) is 70.4 cm³/mol. The third-order valence-corrected chi connectivity index (χ3v) is 3.47. The zero-order chi connectivity index (χ0) is 12.3. The fourth-order valence-corrected chi connectivity index (χ4v) is 2.17. The van der Waals surface area contributed by atoms with E-state index in [1.165, 1.54) is 18.4 Å². The number of ketones is 1. The highest BCUT2D eigenvalue weighted by Crippen LogP contribution is 2.26. The van der Waals surface area contributed by atoms with Gasteiger partial charge in [-0.2, -0.15) is 0 Å². The lowest BCUT2D eigenvalue weighted by Crippen LogP contribution is -2.28. The van der Waals surface area contributed by atoms with Crippen LogP contribution in [0.1, 0.15) is 42.1 Å². The third kappa shape index (κ3) is 3.40. The molecule has 0 spiro atoms. The highest BCUT2D eigenvalue weighted by atomic mass is 16.1. The van der Waals surface area contributed by atoms with Crippen LogP contribution in [0.5, 0.6) is 0 Å². The molecule has 2 heteroatoms. The molecule has 1 aromatic rings. The van der Waals surface area contributed by atoms with Crippen LogP contribution in [0.15, 0.2) is 24.3 Å². The summed E-state index contributed by atoms with van der Waals surface area (Å²) in [6.45, 7) is 6.19. The standard InChI is InChI=1S/C15H21NO/c1-3-16(14-8-9-14)11-10-15(17)13-6-4-12(2)5-7-13/h4-7,14H,3,8-11H2,1-2H3. The SMILES string of the molecule is CCN(CCC(=O)c1ccc(C)cc1)C1CC1. The number of hydrogen-bond acceptors (Lipinski definition) is 2. The molecule has 1 aliphatic rings. The second kappa shape index (κ2) is 5.46. The van der Waals surface area contributed by atoms with Crippen molar-refractivity contribution in [3.8, 4) is 0 Å². The van der Waals surface area contributed by atoms with Crippen molar-refractivity contribution in [2.45, 2.75) is 39.2 Å². The first kappa shape index (κ1) is 12.3. The minimum Gasteiger partial charge on any atom is -0.300 e. The molecule has 0 bridgehead atoms. The molecule has 92 valence electrons. The van der Waals surface area contributed by atoms with Crippen LogP contribution in [-0.2, 0) is 0 Å². The lowest BCUT2D eigenvalue weighted by atomic mass is 10.1. The van der Waals surface area contributed by atoms with Crippen molar-refractivity contribution < 1.29 is 4.79 Å². The first-order valence-electron chi connectivity index (χ1n) is 6.54. The zero-order valence-electron chi connectivity index (χ0n) is 10.8. The van der Waals surface area contributed by atoms with E-state index < -0.39 is 0 Å². The van der Waals surface area contributed by atoms with E-state index in [9.17, 15) is 4.79 Å². The Morgan fingerprint density at radius 2 is 1.94 bits per heavy atom. The Hall–Kier alpha value is -1.15. The Labute approximate surface area is 104 Å². The molecular weight excluding hydrogens is 210 g/mol. The number of Topliss-reactive ketones (excluding diaryl/α,β-unsaturated/α-hetero) is 1. The average molecular weight is 231 g/mol. The first-order chi connectivity index (χ1) is 8.20. The molecule has 2 nitrogen and oxygen atoms in total. The van der Waals surface area contributed by atoms with Gasteiger partial charge in [0.25, 0.3) is 0 Å². The molecular formula is C15H21NO. The maximum Gasteiger partial charge on any atom is 0.164 e. The average Bonchev–Trinajstić information content (AvgIpc) is 3.15. The minimum atomic E-state index is 0.268. The molecule has 2 rings (SSSR count). The van der Waals surface area contributed by atoms with Gasteiger partial charge in [-0.1, -0.05) is 36.8 Å². The quantitative estimate of drug-likeness (QED) is 0.701. The highest BCUT2D eigenvalue weighted by Gasteiger charge is 2.27. The Bertz CT molecular complexity index is 378. The van der Waals surface area contributed by atoms with Gasteiger partial charge in [0.05, 0.1) is 0 Å². The monoisotopic (exact) mass is 231 g/mol. The van der Waals surface area contributed by atoms with Crippen LogP contribution >= 0.6 is 0 Å². The molecule has 0 unspecified atom stereocenters. The second-order valence-corrected chi connectivity index (χ2v) is 4.90. The summed E-state index contributed by atoms with van der Waals surface area (Å²) >= 11 is 0. The number of carbonyl (C=O) groups is 1. The van der Waals surface area contributed by atoms with Crippen molar-refractivity contribution in [2.24, 2.45) is 0 Å². The maximum absolute atomic E-state index is 12.0. The number of rotatable bonds is 6. The normalized spacial score (nSPS) is 15.2. The zero-order valence-corrected chi connectivity index (χ0v) is 10.8. The third-order valence-electron chi connectivity index (χ3n) is 3.47. The molecule has 0 N–H and O–H groups in total. The lowest BCUT2D eigenvalue weighted by Gasteiger charge is -2.18. The van der Waals surface area contributed by atoms with E-state index in [-0.39, 0.29) is 5.78 Å². The van der Waals surface area contributed by atoms with E-state index in [1.54, 1.807) is 0 Å². The van der Waals surface area contributed by atoms with Crippen molar-refractivity contribution in [3.63, 3.8) is 0 Å². The van der Waals surface area contributed by atoms with Crippen molar-refractivity contribution in [1.82, 2.24) is 4.90 Å². The smallest absolute Gasteiger partial charge is 0.164 e. The van der Waals surface area contributed by atoms with E-state index in [4.69, 9.17) is 0 Å². The summed E-state index contributed by atoms with van der Waals surface area (Å²) in [5, 5.41) is 0. The largest absolute Gasteiger partial charge is 0.300 e. The van der Waals surface area contributed by atoms with Crippen LogP contribution in [0.4, 0.5) is 0 Å². The Kier molecular flexibility index (Phi) is 3.95. The molecule has 0 saturated heterocycles. The van der Waals surface area contributed by atoms with Crippen molar-refractivity contribution in [2.75, 3.05) is 13.1 Å². The Morgan fingerprint density at radius 1 is 1.29 bits per heavy atom. The number of aryl methyl sites for hydroxylation is 1. The Balaban J connectivity index is 1.86. The van der Waals surface area contributed by atoms with Crippen molar-refractivity contribution in [3.05, 3.63) is 35.4 Å². The molecule has 0 aromatic heterocycles. The summed E-state index contributed by atoms with van der Waals surface area (Å²) in [6, 6.07) is 8.64. The lowest BCUT2D eigenvalue weighted by molar-refractivity contribution is 0.0964. The molecule has 0 atom stereocenters. The fourth-order valence-electron chi connectivity index (χ4n) is 2.17. The van der Waals surface area contributed by atoms with Gasteiger partial charge in [-0.05, 0) is 26.3 Å². The molecule has 1 fully saturated rings. The molecule has 0 aliphatic heterocycles. The molecule has 0 radical (unpaired) electrons. The predicted octanol–water partition coefficient (Wildman–Crippen LogP) is 3.05.